The van der Waals surface area contributed by atoms with Crippen molar-refractivity contribution in [1.29, 1.82) is 0 Å². The maximum absolute atomic E-state index is 4.88. The standard InChI is InChI=1S/C7H12N2OS/c1-4-7(9-6(3)11)10-8-5-2/h4-5H,1-3H3,(H,9,11)/b7-4+,8-5-. The molecule has 0 amide bonds. The van der Waals surface area contributed by atoms with Crippen molar-refractivity contribution in [2.24, 2.45) is 5.16 Å². The largest absolute Gasteiger partial charge is 0.339 e. The molecule has 0 radical (unpaired) electrons. The Labute approximate surface area is 72.1 Å². The molecule has 0 aliphatic heterocycles. The Morgan fingerprint density at radius 2 is 2.18 bits per heavy atom. The van der Waals surface area contributed by atoms with Crippen LogP contribution in [0.15, 0.2) is 17.1 Å². The molecule has 0 fully saturated rings. The Kier molecular flexibility index (Phi) is 5.37. The van der Waals surface area contributed by atoms with E-state index in [1.807, 2.05) is 6.92 Å². The predicted octanol–water partition coefficient (Wildman–Crippen LogP) is 1.81. The van der Waals surface area contributed by atoms with Gasteiger partial charge in [-0.3, -0.25) is 0 Å². The van der Waals surface area contributed by atoms with E-state index in [0.29, 0.717) is 10.9 Å². The highest BCUT2D eigenvalue weighted by atomic mass is 32.1. The molecule has 0 heterocycles. The molecule has 0 saturated heterocycles. The summed E-state index contributed by atoms with van der Waals surface area (Å²) in [5, 5.41) is 6.40. The first-order valence-electron chi connectivity index (χ1n) is 3.29. The molecule has 3 nitrogen and oxygen atoms in total. The average molecular weight is 172 g/mol. The van der Waals surface area contributed by atoms with E-state index in [0.717, 1.165) is 0 Å². The maximum Gasteiger partial charge on any atom is 0.223 e. The summed E-state index contributed by atoms with van der Waals surface area (Å²) < 4.78 is 0. The van der Waals surface area contributed by atoms with Crippen molar-refractivity contribution in [2.45, 2.75) is 20.8 Å². The first-order valence-corrected chi connectivity index (χ1v) is 3.70. The van der Waals surface area contributed by atoms with Gasteiger partial charge in [0, 0.05) is 6.21 Å². The number of hydrogen-bond donors (Lipinski definition) is 1. The highest BCUT2D eigenvalue weighted by molar-refractivity contribution is 7.80. The van der Waals surface area contributed by atoms with E-state index in [-0.39, 0.29) is 0 Å². The Hall–Kier alpha value is -0.900. The summed E-state index contributed by atoms with van der Waals surface area (Å²) in [5.41, 5.74) is 0. The summed E-state index contributed by atoms with van der Waals surface area (Å²) in [6.45, 7) is 5.39. The smallest absolute Gasteiger partial charge is 0.223 e. The minimum atomic E-state index is 0.551. The van der Waals surface area contributed by atoms with Crippen LogP contribution < -0.4 is 5.32 Å². The van der Waals surface area contributed by atoms with Gasteiger partial charge in [-0.1, -0.05) is 17.4 Å². The molecule has 0 aliphatic rings. The molecule has 0 aliphatic carbocycles. The Morgan fingerprint density at radius 1 is 1.55 bits per heavy atom. The van der Waals surface area contributed by atoms with Gasteiger partial charge in [-0.15, -0.1) is 0 Å². The molecule has 0 spiro atoms. The fraction of sp³-hybridized carbons (Fsp3) is 0.429. The van der Waals surface area contributed by atoms with Crippen LogP contribution in [0.1, 0.15) is 20.8 Å². The number of nitrogens with one attached hydrogen (secondary N) is 1. The van der Waals surface area contributed by atoms with Crippen LogP contribution in [0.5, 0.6) is 0 Å². The predicted molar refractivity (Wildman–Crippen MR) is 50.4 cm³/mol. The quantitative estimate of drug-likeness (QED) is 0.305. The van der Waals surface area contributed by atoms with E-state index in [2.05, 4.69) is 10.5 Å². The third kappa shape index (κ3) is 5.54. The molecule has 0 rings (SSSR count). The summed E-state index contributed by atoms with van der Waals surface area (Å²) in [7, 11) is 0. The summed E-state index contributed by atoms with van der Waals surface area (Å²) in [5.74, 6) is 0.551. The molecule has 0 saturated carbocycles. The van der Waals surface area contributed by atoms with Crippen molar-refractivity contribution < 1.29 is 4.84 Å². The lowest BCUT2D eigenvalue weighted by molar-refractivity contribution is 0.216. The van der Waals surface area contributed by atoms with Gasteiger partial charge in [0.15, 0.2) is 0 Å². The fourth-order valence-electron chi connectivity index (χ4n) is 0.431. The molecule has 0 bridgehead atoms. The monoisotopic (exact) mass is 172 g/mol. The van der Waals surface area contributed by atoms with Crippen LogP contribution in [0, 0.1) is 0 Å². The third-order valence-corrected chi connectivity index (χ3v) is 0.920. The van der Waals surface area contributed by atoms with Crippen molar-refractivity contribution in [3.8, 4) is 0 Å². The highest BCUT2D eigenvalue weighted by Crippen LogP contribution is 1.92. The van der Waals surface area contributed by atoms with Gasteiger partial charge < -0.3 is 10.2 Å². The van der Waals surface area contributed by atoms with Crippen LogP contribution in [-0.4, -0.2) is 11.2 Å². The summed E-state index contributed by atoms with van der Waals surface area (Å²) in [6, 6.07) is 0. The van der Waals surface area contributed by atoms with Gasteiger partial charge in [0.05, 0.1) is 4.99 Å². The molecule has 62 valence electrons. The topological polar surface area (TPSA) is 33.6 Å². The van der Waals surface area contributed by atoms with E-state index in [9.17, 15) is 0 Å². The van der Waals surface area contributed by atoms with Gasteiger partial charge in [0.25, 0.3) is 0 Å². The van der Waals surface area contributed by atoms with Crippen LogP contribution in [0.2, 0.25) is 0 Å². The fourth-order valence-corrected chi connectivity index (χ4v) is 0.531. The zero-order valence-corrected chi connectivity index (χ0v) is 7.73. The first kappa shape index (κ1) is 10.1. The minimum Gasteiger partial charge on any atom is -0.339 e. The van der Waals surface area contributed by atoms with Crippen LogP contribution in [0.25, 0.3) is 0 Å². The zero-order chi connectivity index (χ0) is 8.69. The number of allylic oxidation sites excluding steroid dienone is 1. The summed E-state index contributed by atoms with van der Waals surface area (Å²) in [6.07, 6.45) is 3.31. The molecule has 0 atom stereocenters. The molecule has 11 heavy (non-hydrogen) atoms. The molecule has 4 heteroatoms. The van der Waals surface area contributed by atoms with Crippen molar-refractivity contribution in [3.63, 3.8) is 0 Å². The summed E-state index contributed by atoms with van der Waals surface area (Å²) >= 11 is 4.80. The number of thiocarbonyl (C=S) groups is 1. The second kappa shape index (κ2) is 5.85. The molecule has 0 unspecified atom stereocenters. The number of hydrogen-bond acceptors (Lipinski definition) is 3. The van der Waals surface area contributed by atoms with E-state index in [1.54, 1.807) is 26.1 Å². The third-order valence-electron chi connectivity index (χ3n) is 0.818. The first-order chi connectivity index (χ1) is 5.20. The van der Waals surface area contributed by atoms with Crippen molar-refractivity contribution in [3.05, 3.63) is 12.0 Å². The Morgan fingerprint density at radius 3 is 2.55 bits per heavy atom. The van der Waals surface area contributed by atoms with E-state index in [1.165, 1.54) is 0 Å². The number of oxime groups is 1. The molecular formula is C7H12N2OS. The normalized spacial score (nSPS) is 11.7. The van der Waals surface area contributed by atoms with Gasteiger partial charge in [0.2, 0.25) is 5.88 Å². The zero-order valence-electron chi connectivity index (χ0n) is 6.92. The molecule has 1 N–H and O–H groups in total. The lowest BCUT2D eigenvalue weighted by Crippen LogP contribution is -2.17. The van der Waals surface area contributed by atoms with E-state index >= 15 is 0 Å². The Balaban J connectivity index is 3.88. The minimum absolute atomic E-state index is 0.551. The van der Waals surface area contributed by atoms with Crippen LogP contribution >= 0.6 is 12.2 Å². The van der Waals surface area contributed by atoms with Gasteiger partial charge in [0.1, 0.15) is 0 Å². The Bertz CT molecular complexity index is 187. The van der Waals surface area contributed by atoms with Gasteiger partial charge in [-0.2, -0.15) is 0 Å². The summed E-state index contributed by atoms with van der Waals surface area (Å²) in [4.78, 5) is 5.54. The van der Waals surface area contributed by atoms with E-state index < -0.39 is 0 Å². The average Bonchev–Trinajstić information content (AvgIpc) is 1.97. The lowest BCUT2D eigenvalue weighted by Gasteiger charge is -2.04. The number of rotatable bonds is 3. The van der Waals surface area contributed by atoms with Crippen LogP contribution in [0.3, 0.4) is 0 Å². The van der Waals surface area contributed by atoms with Gasteiger partial charge in [-0.25, -0.2) is 0 Å². The highest BCUT2D eigenvalue weighted by Gasteiger charge is 1.93. The number of nitrogens with zero attached hydrogens (tertiary/aromatic N) is 1. The van der Waals surface area contributed by atoms with Crippen molar-refractivity contribution >= 4 is 23.4 Å². The van der Waals surface area contributed by atoms with Gasteiger partial charge in [-0.05, 0) is 26.8 Å². The second-order valence-electron chi connectivity index (χ2n) is 1.79. The molecule has 0 aromatic rings. The lowest BCUT2D eigenvalue weighted by atomic mass is 10.6. The van der Waals surface area contributed by atoms with Crippen molar-refractivity contribution in [1.82, 2.24) is 5.32 Å². The van der Waals surface area contributed by atoms with Crippen LogP contribution in [0.4, 0.5) is 0 Å². The molecule has 0 aromatic heterocycles. The van der Waals surface area contributed by atoms with Crippen LogP contribution in [-0.2, 0) is 4.84 Å². The molecular weight excluding hydrogens is 160 g/mol. The molecule has 0 aromatic carbocycles. The van der Waals surface area contributed by atoms with Crippen molar-refractivity contribution in [2.75, 3.05) is 0 Å². The van der Waals surface area contributed by atoms with E-state index in [4.69, 9.17) is 17.1 Å². The second-order valence-corrected chi connectivity index (χ2v) is 2.40. The van der Waals surface area contributed by atoms with Gasteiger partial charge >= 0.3 is 0 Å². The SMILES string of the molecule is C/C=N\O/C(=C/C)NC(C)=S. The maximum atomic E-state index is 4.88.